The highest BCUT2D eigenvalue weighted by Gasteiger charge is 2.10. The number of carboxylic acids is 1. The molecule has 0 bridgehead atoms. The average molecular weight is 350 g/mol. The van der Waals surface area contributed by atoms with E-state index < -0.39 is 5.97 Å². The van der Waals surface area contributed by atoms with Crippen LogP contribution in [0.1, 0.15) is 10.4 Å². The maximum Gasteiger partial charge on any atom is 0.336 e. The molecule has 0 spiro atoms. The number of fused-ring (bicyclic) bond motifs is 1. The van der Waals surface area contributed by atoms with Gasteiger partial charge in [0.1, 0.15) is 6.33 Å². The Balaban J connectivity index is 2.01. The van der Waals surface area contributed by atoms with Crippen LogP contribution in [0, 0.1) is 0 Å². The lowest BCUT2D eigenvalue weighted by Gasteiger charge is -2.08. The third-order valence-electron chi connectivity index (χ3n) is 2.70. The Bertz CT molecular complexity index is 803. The van der Waals surface area contributed by atoms with Crippen LogP contribution in [0.15, 0.2) is 40.4 Å². The quantitative estimate of drug-likeness (QED) is 0.749. The Morgan fingerprint density at radius 3 is 2.95 bits per heavy atom. The number of nitrogens with zero attached hydrogens (tertiary/aromatic N) is 2. The number of hydrogen-bond donors (Lipinski definition) is 2. The summed E-state index contributed by atoms with van der Waals surface area (Å²) in [6, 6.07) is 6.96. The number of thiophene rings is 1. The van der Waals surface area contributed by atoms with E-state index in [-0.39, 0.29) is 5.56 Å². The standard InChI is InChI=1S/C13H8BrN3O2S/c14-9-2-1-7(5-8(9)13(18)19)17-12-11-10(3-4-20-11)15-6-16-12/h1-6H,(H,18,19)(H,15,16,17). The summed E-state index contributed by atoms with van der Waals surface area (Å²) >= 11 is 4.75. The third-order valence-corrected chi connectivity index (χ3v) is 4.30. The Kier molecular flexibility index (Phi) is 3.37. The number of hydrogen-bond acceptors (Lipinski definition) is 5. The van der Waals surface area contributed by atoms with Crippen LogP contribution in [0.3, 0.4) is 0 Å². The number of rotatable bonds is 3. The molecule has 2 aromatic heterocycles. The molecule has 5 nitrogen and oxygen atoms in total. The van der Waals surface area contributed by atoms with Crippen LogP contribution < -0.4 is 5.32 Å². The molecule has 0 fully saturated rings. The molecule has 100 valence electrons. The molecule has 2 heterocycles. The molecule has 3 rings (SSSR count). The van der Waals surface area contributed by atoms with E-state index in [4.69, 9.17) is 5.11 Å². The SMILES string of the molecule is O=C(O)c1cc(Nc2ncnc3ccsc23)ccc1Br. The number of carbonyl (C=O) groups is 1. The van der Waals surface area contributed by atoms with Crippen LogP contribution in [-0.4, -0.2) is 21.0 Å². The summed E-state index contributed by atoms with van der Waals surface area (Å²) in [6.45, 7) is 0. The first-order chi connectivity index (χ1) is 9.65. The van der Waals surface area contributed by atoms with Gasteiger partial charge in [-0.25, -0.2) is 14.8 Å². The van der Waals surface area contributed by atoms with Gasteiger partial charge in [0, 0.05) is 10.2 Å². The molecule has 0 aliphatic rings. The highest BCUT2D eigenvalue weighted by atomic mass is 79.9. The van der Waals surface area contributed by atoms with Gasteiger partial charge < -0.3 is 10.4 Å². The molecular weight excluding hydrogens is 342 g/mol. The number of carboxylic acid groups (broad SMARTS) is 1. The highest BCUT2D eigenvalue weighted by molar-refractivity contribution is 9.10. The average Bonchev–Trinajstić information content (AvgIpc) is 2.90. The molecule has 0 saturated heterocycles. The summed E-state index contributed by atoms with van der Waals surface area (Å²) in [5.74, 6) is -0.312. The molecule has 0 aliphatic heterocycles. The second kappa shape index (κ2) is 5.18. The molecular formula is C13H8BrN3O2S. The number of benzene rings is 1. The van der Waals surface area contributed by atoms with Gasteiger partial charge in [-0.1, -0.05) is 0 Å². The van der Waals surface area contributed by atoms with Crippen molar-refractivity contribution in [2.75, 3.05) is 5.32 Å². The van der Waals surface area contributed by atoms with Gasteiger partial charge in [-0.05, 0) is 45.6 Å². The van der Waals surface area contributed by atoms with Crippen molar-refractivity contribution in [1.29, 1.82) is 0 Å². The van der Waals surface area contributed by atoms with Crippen molar-refractivity contribution < 1.29 is 9.90 Å². The highest BCUT2D eigenvalue weighted by Crippen LogP contribution is 2.29. The monoisotopic (exact) mass is 349 g/mol. The Hall–Kier alpha value is -1.99. The van der Waals surface area contributed by atoms with E-state index in [1.54, 1.807) is 18.2 Å². The number of aromatic carboxylic acids is 1. The van der Waals surface area contributed by atoms with Crippen molar-refractivity contribution in [2.45, 2.75) is 0 Å². The first-order valence-electron chi connectivity index (χ1n) is 5.63. The summed E-state index contributed by atoms with van der Waals surface area (Å²) in [5, 5.41) is 14.2. The lowest BCUT2D eigenvalue weighted by atomic mass is 10.2. The Morgan fingerprint density at radius 1 is 1.30 bits per heavy atom. The zero-order chi connectivity index (χ0) is 14.1. The number of nitrogens with one attached hydrogen (secondary N) is 1. The molecule has 20 heavy (non-hydrogen) atoms. The normalized spacial score (nSPS) is 10.7. The predicted molar refractivity (Wildman–Crippen MR) is 81.8 cm³/mol. The van der Waals surface area contributed by atoms with Gasteiger partial charge in [-0.2, -0.15) is 0 Å². The number of halogens is 1. The van der Waals surface area contributed by atoms with Crippen molar-refractivity contribution in [3.63, 3.8) is 0 Å². The lowest BCUT2D eigenvalue weighted by Crippen LogP contribution is -2.00. The van der Waals surface area contributed by atoms with Crippen molar-refractivity contribution >= 4 is 55.0 Å². The Labute approximate surface area is 126 Å². The molecule has 2 N–H and O–H groups in total. The molecule has 0 saturated carbocycles. The van der Waals surface area contributed by atoms with Crippen molar-refractivity contribution in [3.8, 4) is 0 Å². The first-order valence-corrected chi connectivity index (χ1v) is 7.30. The van der Waals surface area contributed by atoms with Crippen LogP contribution >= 0.6 is 27.3 Å². The van der Waals surface area contributed by atoms with Crippen molar-refractivity contribution in [3.05, 3.63) is 46.0 Å². The molecule has 0 aliphatic carbocycles. The lowest BCUT2D eigenvalue weighted by molar-refractivity contribution is 0.0696. The summed E-state index contributed by atoms with van der Waals surface area (Å²) < 4.78 is 1.48. The van der Waals surface area contributed by atoms with E-state index in [2.05, 4.69) is 31.2 Å². The maximum absolute atomic E-state index is 11.1. The van der Waals surface area contributed by atoms with Gasteiger partial charge in [0.2, 0.25) is 0 Å². The van der Waals surface area contributed by atoms with Gasteiger partial charge in [0.05, 0.1) is 15.8 Å². The third kappa shape index (κ3) is 2.37. The summed E-state index contributed by atoms with van der Waals surface area (Å²) in [5.41, 5.74) is 1.73. The molecule has 0 unspecified atom stereocenters. The minimum atomic E-state index is -0.982. The van der Waals surface area contributed by atoms with Gasteiger partial charge >= 0.3 is 5.97 Å². The zero-order valence-corrected chi connectivity index (χ0v) is 12.4. The van der Waals surface area contributed by atoms with E-state index in [1.165, 1.54) is 17.7 Å². The number of anilines is 2. The molecule has 1 aromatic carbocycles. The Morgan fingerprint density at radius 2 is 2.15 bits per heavy atom. The first kappa shape index (κ1) is 13.0. The molecule has 0 radical (unpaired) electrons. The summed E-state index contributed by atoms with van der Waals surface area (Å²) in [6.07, 6.45) is 1.48. The zero-order valence-electron chi connectivity index (χ0n) is 10.0. The van der Waals surface area contributed by atoms with Gasteiger partial charge in [-0.15, -0.1) is 11.3 Å². The topological polar surface area (TPSA) is 75.1 Å². The number of aromatic nitrogens is 2. The summed E-state index contributed by atoms with van der Waals surface area (Å²) in [7, 11) is 0. The van der Waals surface area contributed by atoms with E-state index in [1.807, 2.05) is 11.4 Å². The van der Waals surface area contributed by atoms with Crippen LogP contribution in [0.4, 0.5) is 11.5 Å². The largest absolute Gasteiger partial charge is 0.478 e. The second-order valence-electron chi connectivity index (χ2n) is 3.98. The van der Waals surface area contributed by atoms with Crippen LogP contribution in [-0.2, 0) is 0 Å². The fourth-order valence-corrected chi connectivity index (χ4v) is 2.99. The van der Waals surface area contributed by atoms with E-state index in [0.717, 1.165) is 10.2 Å². The van der Waals surface area contributed by atoms with Crippen LogP contribution in [0.25, 0.3) is 10.2 Å². The fourth-order valence-electron chi connectivity index (χ4n) is 1.78. The van der Waals surface area contributed by atoms with Crippen molar-refractivity contribution in [2.24, 2.45) is 0 Å². The van der Waals surface area contributed by atoms with E-state index in [0.29, 0.717) is 16.0 Å². The minimum absolute atomic E-state index is 0.200. The van der Waals surface area contributed by atoms with E-state index >= 15 is 0 Å². The fraction of sp³-hybridized carbons (Fsp3) is 0. The van der Waals surface area contributed by atoms with Crippen molar-refractivity contribution in [1.82, 2.24) is 9.97 Å². The minimum Gasteiger partial charge on any atom is -0.478 e. The van der Waals surface area contributed by atoms with Crippen LogP contribution in [0.2, 0.25) is 0 Å². The smallest absolute Gasteiger partial charge is 0.336 e. The maximum atomic E-state index is 11.1. The van der Waals surface area contributed by atoms with Gasteiger partial charge in [0.15, 0.2) is 5.82 Å². The second-order valence-corrected chi connectivity index (χ2v) is 5.75. The van der Waals surface area contributed by atoms with Gasteiger partial charge in [0.25, 0.3) is 0 Å². The summed E-state index contributed by atoms with van der Waals surface area (Å²) in [4.78, 5) is 19.5. The predicted octanol–water partition coefficient (Wildman–Crippen LogP) is 3.90. The molecule has 0 amide bonds. The van der Waals surface area contributed by atoms with Crippen LogP contribution in [0.5, 0.6) is 0 Å². The molecule has 3 aromatic rings. The molecule has 7 heteroatoms. The van der Waals surface area contributed by atoms with E-state index in [9.17, 15) is 4.79 Å². The van der Waals surface area contributed by atoms with Gasteiger partial charge in [-0.3, -0.25) is 0 Å². The molecule has 0 atom stereocenters.